The van der Waals surface area contributed by atoms with Gasteiger partial charge in [-0.05, 0) is 17.7 Å². The van der Waals surface area contributed by atoms with Crippen molar-refractivity contribution >= 4 is 22.1 Å². The van der Waals surface area contributed by atoms with E-state index in [0.717, 1.165) is 16.9 Å². The molecule has 4 rings (SSSR count). The zero-order chi connectivity index (χ0) is 15.8. The molecule has 1 unspecified atom stereocenters. The molecule has 3 heterocycles. The molecule has 1 atom stereocenters. The third kappa shape index (κ3) is 2.51. The maximum absolute atomic E-state index is 13.6. The van der Waals surface area contributed by atoms with Crippen LogP contribution in [0.15, 0.2) is 42.2 Å². The quantitative estimate of drug-likeness (QED) is 0.784. The van der Waals surface area contributed by atoms with E-state index in [2.05, 4.69) is 10.3 Å². The van der Waals surface area contributed by atoms with Gasteiger partial charge in [0.1, 0.15) is 22.7 Å². The van der Waals surface area contributed by atoms with E-state index in [1.807, 2.05) is 16.3 Å². The first-order valence-corrected chi connectivity index (χ1v) is 8.29. The minimum Gasteiger partial charge on any atom is -0.328 e. The molecule has 0 bridgehead atoms. The van der Waals surface area contributed by atoms with Gasteiger partial charge in [0.2, 0.25) is 0 Å². The number of amides is 1. The Labute approximate surface area is 136 Å². The molecule has 1 fully saturated rings. The summed E-state index contributed by atoms with van der Waals surface area (Å²) in [6.07, 6.45) is 3.39. The zero-order valence-electron chi connectivity index (χ0n) is 12.3. The number of nitrogens with one attached hydrogen (secondary N) is 1. The Morgan fingerprint density at radius 2 is 2.35 bits per heavy atom. The fourth-order valence-electron chi connectivity index (χ4n) is 2.98. The number of thiazole rings is 1. The molecule has 2 aromatic heterocycles. The van der Waals surface area contributed by atoms with Crippen LogP contribution >= 0.6 is 11.3 Å². The van der Waals surface area contributed by atoms with Gasteiger partial charge in [0, 0.05) is 25.0 Å². The van der Waals surface area contributed by atoms with Crippen molar-refractivity contribution in [1.29, 1.82) is 0 Å². The van der Waals surface area contributed by atoms with E-state index in [4.69, 9.17) is 0 Å². The van der Waals surface area contributed by atoms with Crippen LogP contribution in [-0.2, 0) is 0 Å². The first kappa shape index (κ1) is 14.3. The lowest BCUT2D eigenvalue weighted by molar-refractivity contribution is 0.0627. The van der Waals surface area contributed by atoms with Crippen molar-refractivity contribution < 1.29 is 9.18 Å². The van der Waals surface area contributed by atoms with Gasteiger partial charge in [0.25, 0.3) is 5.91 Å². The number of fused-ring (bicyclic) bond motifs is 1. The molecule has 1 aliphatic heterocycles. The average Bonchev–Trinajstić information content (AvgIpc) is 3.17. The number of aromatic nitrogens is 2. The lowest BCUT2D eigenvalue weighted by Crippen LogP contribution is -2.49. The topological polar surface area (TPSA) is 49.6 Å². The summed E-state index contributed by atoms with van der Waals surface area (Å²) in [5, 5.41) is 5.13. The average molecular weight is 330 g/mol. The normalized spacial score (nSPS) is 18.5. The van der Waals surface area contributed by atoms with E-state index in [9.17, 15) is 9.18 Å². The van der Waals surface area contributed by atoms with Gasteiger partial charge in [0.05, 0.1) is 12.2 Å². The molecule has 23 heavy (non-hydrogen) atoms. The Balaban J connectivity index is 1.70. The minimum atomic E-state index is -0.284. The van der Waals surface area contributed by atoms with E-state index in [-0.39, 0.29) is 17.8 Å². The fourth-order valence-corrected chi connectivity index (χ4v) is 3.81. The number of nitrogens with zero attached hydrogens (tertiary/aromatic N) is 3. The van der Waals surface area contributed by atoms with E-state index in [0.29, 0.717) is 18.8 Å². The van der Waals surface area contributed by atoms with Crippen LogP contribution in [-0.4, -0.2) is 39.8 Å². The summed E-state index contributed by atoms with van der Waals surface area (Å²) in [6, 6.07) is 6.28. The van der Waals surface area contributed by atoms with Crippen molar-refractivity contribution in [3.63, 3.8) is 0 Å². The summed E-state index contributed by atoms with van der Waals surface area (Å²) < 4.78 is 15.4. The fraction of sp³-hybridized carbons (Fsp3) is 0.250. The molecule has 0 radical (unpaired) electrons. The molecule has 118 valence electrons. The number of piperazine rings is 1. The van der Waals surface area contributed by atoms with Crippen molar-refractivity contribution in [2.45, 2.75) is 6.04 Å². The van der Waals surface area contributed by atoms with Gasteiger partial charge in [-0.2, -0.15) is 0 Å². The van der Waals surface area contributed by atoms with Crippen LogP contribution in [0.25, 0.3) is 4.83 Å². The molecule has 3 aromatic rings. The van der Waals surface area contributed by atoms with Crippen LogP contribution in [0.3, 0.4) is 0 Å². The number of hydrogen-bond acceptors (Lipinski definition) is 4. The standard InChI is InChI=1S/C16H15FN4OS/c17-12-3-1-2-11(6-12)13-7-18-4-5-20(13)16(22)14-9-23-15-8-19-10-21(14)15/h1-3,6,8-10,13,18H,4-5,7H2. The second-order valence-corrected chi connectivity index (χ2v) is 6.39. The van der Waals surface area contributed by atoms with E-state index >= 15 is 0 Å². The SMILES string of the molecule is O=C(c1csc2cncn12)N1CCNCC1c1cccc(F)c1. The first-order valence-electron chi connectivity index (χ1n) is 7.41. The van der Waals surface area contributed by atoms with Crippen molar-refractivity contribution in [2.75, 3.05) is 19.6 Å². The molecular weight excluding hydrogens is 315 g/mol. The summed E-state index contributed by atoms with van der Waals surface area (Å²) in [5.41, 5.74) is 1.41. The van der Waals surface area contributed by atoms with E-state index < -0.39 is 0 Å². The van der Waals surface area contributed by atoms with Gasteiger partial charge in [-0.25, -0.2) is 9.37 Å². The van der Waals surface area contributed by atoms with Crippen LogP contribution < -0.4 is 5.32 Å². The van der Waals surface area contributed by atoms with Crippen molar-refractivity contribution in [2.24, 2.45) is 0 Å². The molecular formula is C16H15FN4OS. The molecule has 1 amide bonds. The molecule has 7 heteroatoms. The maximum atomic E-state index is 13.6. The van der Waals surface area contributed by atoms with Crippen LogP contribution in [0.2, 0.25) is 0 Å². The molecule has 1 aliphatic rings. The molecule has 1 saturated heterocycles. The lowest BCUT2D eigenvalue weighted by Gasteiger charge is -2.36. The van der Waals surface area contributed by atoms with Crippen molar-refractivity contribution in [3.8, 4) is 0 Å². The van der Waals surface area contributed by atoms with E-state index in [1.165, 1.54) is 23.5 Å². The minimum absolute atomic E-state index is 0.0509. The molecule has 0 spiro atoms. The molecule has 0 saturated carbocycles. The third-order valence-electron chi connectivity index (χ3n) is 4.11. The number of carbonyl (C=O) groups is 1. The Bertz CT molecular complexity index is 859. The highest BCUT2D eigenvalue weighted by molar-refractivity contribution is 7.15. The first-order chi connectivity index (χ1) is 11.2. The number of halogens is 1. The predicted molar refractivity (Wildman–Crippen MR) is 86.1 cm³/mol. The summed E-state index contributed by atoms with van der Waals surface area (Å²) in [7, 11) is 0. The lowest BCUT2D eigenvalue weighted by atomic mass is 10.0. The van der Waals surface area contributed by atoms with Crippen LogP contribution in [0.5, 0.6) is 0 Å². The van der Waals surface area contributed by atoms with Crippen LogP contribution in [0, 0.1) is 5.82 Å². The smallest absolute Gasteiger partial charge is 0.272 e. The van der Waals surface area contributed by atoms with Crippen molar-refractivity contribution in [1.82, 2.24) is 19.6 Å². The molecule has 1 aromatic carbocycles. The second-order valence-electron chi connectivity index (χ2n) is 5.50. The summed E-state index contributed by atoms with van der Waals surface area (Å²) >= 11 is 1.49. The van der Waals surface area contributed by atoms with Gasteiger partial charge in [0.15, 0.2) is 0 Å². The Hall–Kier alpha value is -2.25. The number of hydrogen-bond donors (Lipinski definition) is 1. The van der Waals surface area contributed by atoms with Gasteiger partial charge < -0.3 is 10.2 Å². The van der Waals surface area contributed by atoms with Crippen LogP contribution in [0.1, 0.15) is 22.1 Å². The highest BCUT2D eigenvalue weighted by atomic mass is 32.1. The zero-order valence-corrected chi connectivity index (χ0v) is 13.1. The predicted octanol–water partition coefficient (Wildman–Crippen LogP) is 2.32. The van der Waals surface area contributed by atoms with Gasteiger partial charge >= 0.3 is 0 Å². The number of carbonyl (C=O) groups excluding carboxylic acids is 1. The number of rotatable bonds is 2. The molecule has 5 nitrogen and oxygen atoms in total. The monoisotopic (exact) mass is 330 g/mol. The summed E-state index contributed by atoms with van der Waals surface area (Å²) in [6.45, 7) is 1.94. The summed E-state index contributed by atoms with van der Waals surface area (Å²) in [5.74, 6) is -0.335. The Morgan fingerprint density at radius 1 is 1.43 bits per heavy atom. The highest BCUT2D eigenvalue weighted by Gasteiger charge is 2.30. The molecule has 1 N–H and O–H groups in total. The van der Waals surface area contributed by atoms with Crippen LogP contribution in [0.4, 0.5) is 4.39 Å². The van der Waals surface area contributed by atoms with Gasteiger partial charge in [-0.15, -0.1) is 11.3 Å². The Morgan fingerprint density at radius 3 is 3.22 bits per heavy atom. The van der Waals surface area contributed by atoms with Gasteiger partial charge in [-0.3, -0.25) is 9.20 Å². The second kappa shape index (κ2) is 5.75. The number of imidazole rings is 1. The largest absolute Gasteiger partial charge is 0.328 e. The maximum Gasteiger partial charge on any atom is 0.272 e. The molecule has 0 aliphatic carbocycles. The number of benzene rings is 1. The third-order valence-corrected chi connectivity index (χ3v) is 5.00. The van der Waals surface area contributed by atoms with Gasteiger partial charge in [-0.1, -0.05) is 12.1 Å². The van der Waals surface area contributed by atoms with E-state index in [1.54, 1.807) is 23.0 Å². The van der Waals surface area contributed by atoms with Crippen molar-refractivity contribution in [3.05, 3.63) is 59.2 Å². The summed E-state index contributed by atoms with van der Waals surface area (Å²) in [4.78, 5) is 19.8. The highest BCUT2D eigenvalue weighted by Crippen LogP contribution is 2.26. The Kier molecular flexibility index (Phi) is 3.59.